The molecule has 0 saturated carbocycles. The van der Waals surface area contributed by atoms with Crippen molar-refractivity contribution in [3.05, 3.63) is 35.7 Å². The summed E-state index contributed by atoms with van der Waals surface area (Å²) in [6.07, 6.45) is 0.975. The Morgan fingerprint density at radius 1 is 1.35 bits per heavy atom. The van der Waals surface area contributed by atoms with Gasteiger partial charge in [-0.15, -0.1) is 0 Å². The molecule has 2 aromatic rings. The van der Waals surface area contributed by atoms with E-state index in [9.17, 15) is 9.90 Å². The van der Waals surface area contributed by atoms with Gasteiger partial charge in [-0.3, -0.25) is 4.79 Å². The third-order valence-electron chi connectivity index (χ3n) is 4.14. The Hall–Kier alpha value is -1.79. The van der Waals surface area contributed by atoms with Gasteiger partial charge in [0.1, 0.15) is 11.4 Å². The van der Waals surface area contributed by atoms with Crippen LogP contribution in [-0.4, -0.2) is 33.1 Å². The number of amides is 1. The Morgan fingerprint density at radius 3 is 2.74 bits per heavy atom. The zero-order chi connectivity index (χ0) is 16.4. The van der Waals surface area contributed by atoms with Crippen molar-refractivity contribution >= 4 is 23.4 Å². The van der Waals surface area contributed by atoms with Gasteiger partial charge in [-0.1, -0.05) is 6.07 Å². The Morgan fingerprint density at radius 2 is 2.09 bits per heavy atom. The van der Waals surface area contributed by atoms with Crippen molar-refractivity contribution in [1.29, 1.82) is 0 Å². The van der Waals surface area contributed by atoms with Crippen LogP contribution in [0.15, 0.2) is 28.7 Å². The van der Waals surface area contributed by atoms with Gasteiger partial charge in [-0.25, -0.2) is 4.98 Å². The molecule has 1 amide bonds. The van der Waals surface area contributed by atoms with Crippen molar-refractivity contribution in [3.63, 3.8) is 0 Å². The third-order valence-corrected chi connectivity index (χ3v) is 5.12. The molecule has 0 radical (unpaired) electrons. The molecule has 1 aliphatic heterocycles. The fraction of sp³-hybridized carbons (Fsp3) is 0.412. The van der Waals surface area contributed by atoms with E-state index in [2.05, 4.69) is 10.3 Å². The molecule has 0 spiro atoms. The number of thioether (sulfide) groups is 1. The van der Waals surface area contributed by atoms with Gasteiger partial charge in [0.25, 0.3) is 5.91 Å². The van der Waals surface area contributed by atoms with E-state index in [0.29, 0.717) is 24.4 Å². The highest BCUT2D eigenvalue weighted by atomic mass is 32.2. The first-order valence-corrected chi connectivity index (χ1v) is 8.79. The lowest BCUT2D eigenvalue weighted by molar-refractivity contribution is -0.134. The summed E-state index contributed by atoms with van der Waals surface area (Å²) in [5.74, 6) is 2.58. The number of aliphatic hydroxyl groups is 1. The van der Waals surface area contributed by atoms with Crippen LogP contribution in [0.3, 0.4) is 0 Å². The third kappa shape index (κ3) is 3.43. The van der Waals surface area contributed by atoms with E-state index >= 15 is 0 Å². The number of benzene rings is 1. The van der Waals surface area contributed by atoms with Crippen molar-refractivity contribution in [1.82, 2.24) is 4.98 Å². The number of hydrogen-bond donors (Lipinski definition) is 2. The standard InChI is InChI=1S/C17H20N2O3S/c1-11-12(2)22-15(18-11)13-4-3-5-14(10-13)19-16(20)17(21)6-8-23-9-7-17/h3-5,10,21H,6-9H2,1-2H3,(H,19,20). The molecule has 2 N–H and O–H groups in total. The van der Waals surface area contributed by atoms with E-state index in [-0.39, 0.29) is 5.91 Å². The predicted octanol–water partition coefficient (Wildman–Crippen LogP) is 3.16. The van der Waals surface area contributed by atoms with Crippen LogP contribution in [0.2, 0.25) is 0 Å². The topological polar surface area (TPSA) is 75.4 Å². The molecule has 5 nitrogen and oxygen atoms in total. The number of rotatable bonds is 3. The smallest absolute Gasteiger partial charge is 0.256 e. The second-order valence-corrected chi connectivity index (χ2v) is 7.06. The molecule has 6 heteroatoms. The minimum atomic E-state index is -1.27. The van der Waals surface area contributed by atoms with E-state index < -0.39 is 5.60 Å². The van der Waals surface area contributed by atoms with Crippen molar-refractivity contribution in [2.45, 2.75) is 32.3 Å². The maximum atomic E-state index is 12.4. The lowest BCUT2D eigenvalue weighted by Crippen LogP contribution is -2.45. The summed E-state index contributed by atoms with van der Waals surface area (Å²) in [6, 6.07) is 7.32. The highest BCUT2D eigenvalue weighted by Gasteiger charge is 2.37. The molecule has 3 rings (SSSR count). The summed E-state index contributed by atoms with van der Waals surface area (Å²) in [4.78, 5) is 16.8. The lowest BCUT2D eigenvalue weighted by atomic mass is 9.95. The van der Waals surface area contributed by atoms with Crippen LogP contribution in [0.1, 0.15) is 24.3 Å². The van der Waals surface area contributed by atoms with E-state index in [1.807, 2.05) is 32.0 Å². The number of aryl methyl sites for hydroxylation is 2. The highest BCUT2D eigenvalue weighted by molar-refractivity contribution is 7.99. The van der Waals surface area contributed by atoms with Crippen LogP contribution < -0.4 is 5.32 Å². The Balaban J connectivity index is 1.78. The summed E-state index contributed by atoms with van der Waals surface area (Å²) < 4.78 is 5.62. The van der Waals surface area contributed by atoms with Crippen LogP contribution in [0, 0.1) is 13.8 Å². The van der Waals surface area contributed by atoms with Crippen LogP contribution >= 0.6 is 11.8 Å². The first kappa shape index (κ1) is 16.1. The zero-order valence-corrected chi connectivity index (χ0v) is 14.1. The van der Waals surface area contributed by atoms with Crippen molar-refractivity contribution in [3.8, 4) is 11.5 Å². The van der Waals surface area contributed by atoms with Gasteiger partial charge in [0.2, 0.25) is 5.89 Å². The van der Waals surface area contributed by atoms with Gasteiger partial charge in [0, 0.05) is 11.3 Å². The van der Waals surface area contributed by atoms with E-state index in [4.69, 9.17) is 4.42 Å². The van der Waals surface area contributed by atoms with Gasteiger partial charge in [-0.2, -0.15) is 11.8 Å². The Bertz CT molecular complexity index is 701. The van der Waals surface area contributed by atoms with E-state index in [1.54, 1.807) is 17.8 Å². The van der Waals surface area contributed by atoms with Crippen molar-refractivity contribution in [2.24, 2.45) is 0 Å². The molecule has 1 fully saturated rings. The number of carbonyl (C=O) groups excluding carboxylic acids is 1. The largest absolute Gasteiger partial charge is 0.441 e. The second kappa shape index (κ2) is 6.37. The number of oxazole rings is 1. The first-order valence-electron chi connectivity index (χ1n) is 7.64. The lowest BCUT2D eigenvalue weighted by Gasteiger charge is -2.30. The summed E-state index contributed by atoms with van der Waals surface area (Å²) >= 11 is 1.76. The van der Waals surface area contributed by atoms with Crippen LogP contribution in [0.5, 0.6) is 0 Å². The van der Waals surface area contributed by atoms with Gasteiger partial charge in [0.05, 0.1) is 5.69 Å². The van der Waals surface area contributed by atoms with E-state index in [0.717, 1.165) is 28.5 Å². The molecule has 2 heterocycles. The molecule has 122 valence electrons. The van der Waals surface area contributed by atoms with E-state index in [1.165, 1.54) is 0 Å². The SMILES string of the molecule is Cc1nc(-c2cccc(NC(=O)C3(O)CCSCC3)c2)oc1C. The van der Waals surface area contributed by atoms with Crippen LogP contribution in [-0.2, 0) is 4.79 Å². The second-order valence-electron chi connectivity index (χ2n) is 5.84. The molecule has 1 aromatic carbocycles. The number of anilines is 1. The zero-order valence-electron chi connectivity index (χ0n) is 13.3. The average molecular weight is 332 g/mol. The summed E-state index contributed by atoms with van der Waals surface area (Å²) in [5.41, 5.74) is 1.01. The first-order chi connectivity index (χ1) is 11.0. The molecule has 1 aliphatic rings. The molecule has 0 bridgehead atoms. The molecular weight excluding hydrogens is 312 g/mol. The molecule has 1 aromatic heterocycles. The molecule has 0 aliphatic carbocycles. The molecular formula is C17H20N2O3S. The fourth-order valence-corrected chi connectivity index (χ4v) is 3.68. The van der Waals surface area contributed by atoms with Crippen molar-refractivity contribution < 1.29 is 14.3 Å². The van der Waals surface area contributed by atoms with Crippen LogP contribution in [0.4, 0.5) is 5.69 Å². The average Bonchev–Trinajstić information content (AvgIpc) is 2.88. The van der Waals surface area contributed by atoms with Gasteiger partial charge in [0.15, 0.2) is 0 Å². The maximum absolute atomic E-state index is 12.4. The summed E-state index contributed by atoms with van der Waals surface area (Å²) in [7, 11) is 0. The minimum Gasteiger partial charge on any atom is -0.441 e. The number of aromatic nitrogens is 1. The van der Waals surface area contributed by atoms with Crippen molar-refractivity contribution in [2.75, 3.05) is 16.8 Å². The Kier molecular flexibility index (Phi) is 4.46. The molecule has 0 unspecified atom stereocenters. The Labute approximate surface area is 139 Å². The number of carbonyl (C=O) groups is 1. The predicted molar refractivity (Wildman–Crippen MR) is 91.6 cm³/mol. The molecule has 0 atom stereocenters. The summed E-state index contributed by atoms with van der Waals surface area (Å²) in [6.45, 7) is 3.76. The molecule has 23 heavy (non-hydrogen) atoms. The number of hydrogen-bond acceptors (Lipinski definition) is 5. The monoisotopic (exact) mass is 332 g/mol. The number of nitrogens with zero attached hydrogens (tertiary/aromatic N) is 1. The minimum absolute atomic E-state index is 0.338. The number of nitrogens with one attached hydrogen (secondary N) is 1. The normalized spacial score (nSPS) is 17.0. The molecule has 1 saturated heterocycles. The van der Waals surface area contributed by atoms with Gasteiger partial charge >= 0.3 is 0 Å². The highest BCUT2D eigenvalue weighted by Crippen LogP contribution is 2.29. The maximum Gasteiger partial charge on any atom is 0.256 e. The van der Waals surface area contributed by atoms with Crippen LogP contribution in [0.25, 0.3) is 11.5 Å². The van der Waals surface area contributed by atoms with Gasteiger partial charge < -0.3 is 14.8 Å². The fourth-order valence-electron chi connectivity index (χ4n) is 2.51. The summed E-state index contributed by atoms with van der Waals surface area (Å²) in [5, 5.41) is 13.3. The quantitative estimate of drug-likeness (QED) is 0.903. The van der Waals surface area contributed by atoms with Gasteiger partial charge in [-0.05, 0) is 56.4 Å².